The standard InChI is InChI=1S/C24H24N2O3S2/c1-16-6-5-7-19(12-16)26-11-10-25(14-17(26)2)24(27)21-13-18-15-31(28,29)22-9-4-3-8-20(22)23(18)30-21/h3-9,12-13,17H,10-11,14-15H2,1-2H3/t17-/m0/s1. The fraction of sp³-hybridized carbons (Fsp3) is 0.292. The Hall–Kier alpha value is -2.64. The number of rotatable bonds is 2. The molecule has 0 bridgehead atoms. The summed E-state index contributed by atoms with van der Waals surface area (Å²) in [6, 6.07) is 17.5. The van der Waals surface area contributed by atoms with Crippen LogP contribution in [0.25, 0.3) is 10.4 Å². The number of benzene rings is 2. The molecule has 0 N–H and O–H groups in total. The van der Waals surface area contributed by atoms with E-state index in [4.69, 9.17) is 0 Å². The van der Waals surface area contributed by atoms with Crippen molar-refractivity contribution in [2.75, 3.05) is 24.5 Å². The second-order valence-electron chi connectivity index (χ2n) is 8.35. The Morgan fingerprint density at radius 3 is 2.65 bits per heavy atom. The van der Waals surface area contributed by atoms with Crippen molar-refractivity contribution < 1.29 is 13.2 Å². The van der Waals surface area contributed by atoms with Crippen LogP contribution in [0, 0.1) is 6.92 Å². The largest absolute Gasteiger partial charge is 0.365 e. The van der Waals surface area contributed by atoms with Gasteiger partial charge < -0.3 is 9.80 Å². The number of aryl methyl sites for hydroxylation is 1. The summed E-state index contributed by atoms with van der Waals surface area (Å²) in [6.45, 7) is 6.30. The molecule has 1 fully saturated rings. The molecule has 0 saturated carbocycles. The summed E-state index contributed by atoms with van der Waals surface area (Å²) in [5, 5.41) is 0. The van der Waals surface area contributed by atoms with Crippen molar-refractivity contribution in [3.63, 3.8) is 0 Å². The molecule has 5 nitrogen and oxygen atoms in total. The van der Waals surface area contributed by atoms with Crippen LogP contribution in [0.3, 0.4) is 0 Å². The van der Waals surface area contributed by atoms with Gasteiger partial charge in [-0.1, -0.05) is 30.3 Å². The van der Waals surface area contributed by atoms with E-state index in [2.05, 4.69) is 43.0 Å². The highest BCUT2D eigenvalue weighted by molar-refractivity contribution is 7.91. The molecule has 0 radical (unpaired) electrons. The van der Waals surface area contributed by atoms with Crippen LogP contribution < -0.4 is 4.90 Å². The SMILES string of the molecule is Cc1cccc(N2CCN(C(=O)c3cc4c(s3)-c3ccccc3S(=O)(=O)C4)C[C@@H]2C)c1. The molecule has 2 aliphatic rings. The second-order valence-corrected chi connectivity index (χ2v) is 11.4. The van der Waals surface area contributed by atoms with Crippen LogP contribution in [0.5, 0.6) is 0 Å². The zero-order chi connectivity index (χ0) is 21.8. The fourth-order valence-corrected chi connectivity index (χ4v) is 7.49. The Morgan fingerprint density at radius 1 is 1.06 bits per heavy atom. The van der Waals surface area contributed by atoms with Gasteiger partial charge in [-0.3, -0.25) is 4.79 Å². The quantitative estimate of drug-likeness (QED) is 0.580. The van der Waals surface area contributed by atoms with Crippen molar-refractivity contribution in [3.8, 4) is 10.4 Å². The number of amides is 1. The molecule has 1 saturated heterocycles. The fourth-order valence-electron chi connectivity index (χ4n) is 4.57. The summed E-state index contributed by atoms with van der Waals surface area (Å²) in [7, 11) is -3.37. The maximum absolute atomic E-state index is 13.3. The molecule has 1 amide bonds. The van der Waals surface area contributed by atoms with Crippen LogP contribution in [0.15, 0.2) is 59.5 Å². The predicted molar refractivity (Wildman–Crippen MR) is 125 cm³/mol. The van der Waals surface area contributed by atoms with E-state index in [1.54, 1.807) is 18.2 Å². The minimum Gasteiger partial charge on any atom is -0.365 e. The number of carbonyl (C=O) groups is 1. The van der Waals surface area contributed by atoms with Gasteiger partial charge in [-0.2, -0.15) is 0 Å². The number of hydrogen-bond donors (Lipinski definition) is 0. The first-order valence-corrected chi connectivity index (χ1v) is 12.9. The first kappa shape index (κ1) is 20.3. The zero-order valence-corrected chi connectivity index (χ0v) is 19.2. The molecule has 31 heavy (non-hydrogen) atoms. The smallest absolute Gasteiger partial charge is 0.264 e. The zero-order valence-electron chi connectivity index (χ0n) is 17.5. The third kappa shape index (κ3) is 3.55. The Morgan fingerprint density at radius 2 is 1.87 bits per heavy atom. The Labute approximate surface area is 186 Å². The van der Waals surface area contributed by atoms with E-state index >= 15 is 0 Å². The van der Waals surface area contributed by atoms with Crippen LogP contribution >= 0.6 is 11.3 Å². The molecule has 5 rings (SSSR count). The molecule has 3 aromatic rings. The Kier molecular flexibility index (Phi) is 4.90. The number of thiophene rings is 1. The van der Waals surface area contributed by atoms with Crippen molar-refractivity contribution in [3.05, 3.63) is 70.6 Å². The minimum absolute atomic E-state index is 0.00924. The van der Waals surface area contributed by atoms with Crippen molar-refractivity contribution in [1.29, 1.82) is 0 Å². The highest BCUT2D eigenvalue weighted by atomic mass is 32.2. The van der Waals surface area contributed by atoms with Crippen LogP contribution in [0.1, 0.15) is 27.7 Å². The van der Waals surface area contributed by atoms with E-state index in [1.165, 1.54) is 22.6 Å². The van der Waals surface area contributed by atoms with Crippen LogP contribution in [0.2, 0.25) is 0 Å². The average Bonchev–Trinajstić information content (AvgIpc) is 3.16. The molecule has 160 valence electrons. The van der Waals surface area contributed by atoms with Gasteiger partial charge in [-0.05, 0) is 49.2 Å². The van der Waals surface area contributed by atoms with Gasteiger partial charge in [0.25, 0.3) is 5.91 Å². The molecular weight excluding hydrogens is 428 g/mol. The first-order valence-electron chi connectivity index (χ1n) is 10.4. The summed E-state index contributed by atoms with van der Waals surface area (Å²) in [5.41, 5.74) is 3.86. The molecule has 7 heteroatoms. The third-order valence-electron chi connectivity index (χ3n) is 6.08. The van der Waals surface area contributed by atoms with Crippen molar-refractivity contribution in [2.45, 2.75) is 30.5 Å². The summed E-state index contributed by atoms with van der Waals surface area (Å²) in [4.78, 5) is 19.4. The number of piperazine rings is 1. The number of sulfone groups is 1. The minimum atomic E-state index is -3.37. The highest BCUT2D eigenvalue weighted by Gasteiger charge is 2.33. The Bertz CT molecular complexity index is 1280. The molecule has 0 spiro atoms. The van der Waals surface area contributed by atoms with Crippen molar-refractivity contribution >= 4 is 32.8 Å². The molecule has 1 aromatic heterocycles. The van der Waals surface area contributed by atoms with Crippen LogP contribution in [-0.4, -0.2) is 44.9 Å². The monoisotopic (exact) mass is 452 g/mol. The van der Waals surface area contributed by atoms with Gasteiger partial charge in [0.2, 0.25) is 0 Å². The van der Waals surface area contributed by atoms with E-state index in [0.717, 1.165) is 17.0 Å². The third-order valence-corrected chi connectivity index (χ3v) is 9.00. The van der Waals surface area contributed by atoms with Gasteiger partial charge in [0.15, 0.2) is 9.84 Å². The van der Waals surface area contributed by atoms with E-state index in [9.17, 15) is 13.2 Å². The topological polar surface area (TPSA) is 57.7 Å². The molecule has 0 unspecified atom stereocenters. The van der Waals surface area contributed by atoms with E-state index in [1.807, 2.05) is 17.0 Å². The molecular formula is C24H24N2O3S2. The predicted octanol–water partition coefficient (Wildman–Crippen LogP) is 4.36. The molecule has 3 heterocycles. The van der Waals surface area contributed by atoms with Gasteiger partial charge >= 0.3 is 0 Å². The highest BCUT2D eigenvalue weighted by Crippen LogP contribution is 2.43. The lowest BCUT2D eigenvalue weighted by molar-refractivity contribution is 0.0731. The molecule has 0 aliphatic carbocycles. The second kappa shape index (κ2) is 7.50. The number of hydrogen-bond acceptors (Lipinski definition) is 5. The van der Waals surface area contributed by atoms with Gasteiger partial charge in [-0.25, -0.2) is 8.42 Å². The summed E-state index contributed by atoms with van der Waals surface area (Å²) in [6.07, 6.45) is 0. The summed E-state index contributed by atoms with van der Waals surface area (Å²) in [5.74, 6) is -0.0502. The lowest BCUT2D eigenvalue weighted by Crippen LogP contribution is -2.53. The lowest BCUT2D eigenvalue weighted by atomic mass is 10.1. The molecule has 2 aliphatic heterocycles. The maximum atomic E-state index is 13.3. The molecule has 1 atom stereocenters. The Balaban J connectivity index is 1.39. The van der Waals surface area contributed by atoms with Crippen molar-refractivity contribution in [1.82, 2.24) is 4.90 Å². The number of anilines is 1. The normalized spacial score (nSPS) is 19.6. The van der Waals surface area contributed by atoms with Gasteiger partial charge in [0.1, 0.15) is 0 Å². The van der Waals surface area contributed by atoms with Gasteiger partial charge in [-0.15, -0.1) is 11.3 Å². The number of fused-ring (bicyclic) bond motifs is 3. The first-order chi connectivity index (χ1) is 14.8. The van der Waals surface area contributed by atoms with Gasteiger partial charge in [0, 0.05) is 41.8 Å². The number of carbonyl (C=O) groups excluding carboxylic acids is 1. The summed E-state index contributed by atoms with van der Waals surface area (Å²) < 4.78 is 25.3. The molecule has 2 aromatic carbocycles. The summed E-state index contributed by atoms with van der Waals surface area (Å²) >= 11 is 1.41. The van der Waals surface area contributed by atoms with E-state index < -0.39 is 9.84 Å². The van der Waals surface area contributed by atoms with Gasteiger partial charge in [0.05, 0.1) is 15.5 Å². The lowest BCUT2D eigenvalue weighted by Gasteiger charge is -2.41. The van der Waals surface area contributed by atoms with Crippen molar-refractivity contribution in [2.24, 2.45) is 0 Å². The maximum Gasteiger partial charge on any atom is 0.264 e. The van der Waals surface area contributed by atoms with Crippen LogP contribution in [-0.2, 0) is 15.6 Å². The average molecular weight is 453 g/mol. The van der Waals surface area contributed by atoms with E-state index in [-0.39, 0.29) is 17.7 Å². The number of nitrogens with zero attached hydrogens (tertiary/aromatic N) is 2. The van der Waals surface area contributed by atoms with E-state index in [0.29, 0.717) is 28.4 Å². The van der Waals surface area contributed by atoms with Crippen LogP contribution in [0.4, 0.5) is 5.69 Å².